The summed E-state index contributed by atoms with van der Waals surface area (Å²) in [4.78, 5) is 10.8. The standard InChI is InChI=1S/C8H18O3Si/c1-5-11-12(3,4)7-6-8(9)10-2/h5-7H2,1-4H3. The maximum atomic E-state index is 10.8. The molecule has 0 aromatic rings. The molecule has 0 radical (unpaired) electrons. The lowest BCUT2D eigenvalue weighted by molar-refractivity contribution is -0.140. The van der Waals surface area contributed by atoms with Crippen LogP contribution in [0.4, 0.5) is 0 Å². The molecule has 0 saturated heterocycles. The van der Waals surface area contributed by atoms with Gasteiger partial charge in [0, 0.05) is 13.0 Å². The fraction of sp³-hybridized carbons (Fsp3) is 0.875. The lowest BCUT2D eigenvalue weighted by Gasteiger charge is -2.20. The van der Waals surface area contributed by atoms with Crippen molar-refractivity contribution in [3.63, 3.8) is 0 Å². The first-order valence-electron chi connectivity index (χ1n) is 4.22. The smallest absolute Gasteiger partial charge is 0.305 e. The highest BCUT2D eigenvalue weighted by molar-refractivity contribution is 6.71. The van der Waals surface area contributed by atoms with Crippen LogP contribution in [0, 0.1) is 0 Å². The van der Waals surface area contributed by atoms with Gasteiger partial charge in [0.1, 0.15) is 0 Å². The first kappa shape index (κ1) is 11.6. The Labute approximate surface area is 75.2 Å². The summed E-state index contributed by atoms with van der Waals surface area (Å²) in [5.41, 5.74) is 0. The monoisotopic (exact) mass is 190 g/mol. The van der Waals surface area contributed by atoms with Crippen molar-refractivity contribution in [2.45, 2.75) is 32.5 Å². The number of hydrogen-bond acceptors (Lipinski definition) is 3. The maximum absolute atomic E-state index is 10.8. The van der Waals surface area contributed by atoms with Crippen LogP contribution in [0.5, 0.6) is 0 Å². The predicted octanol–water partition coefficient (Wildman–Crippen LogP) is 1.79. The molecule has 0 fully saturated rings. The van der Waals surface area contributed by atoms with Crippen molar-refractivity contribution in [2.75, 3.05) is 13.7 Å². The van der Waals surface area contributed by atoms with E-state index in [0.717, 1.165) is 12.7 Å². The average Bonchev–Trinajstić information content (AvgIpc) is 2.00. The van der Waals surface area contributed by atoms with E-state index in [1.807, 2.05) is 6.92 Å². The van der Waals surface area contributed by atoms with Gasteiger partial charge in [-0.3, -0.25) is 4.79 Å². The summed E-state index contributed by atoms with van der Waals surface area (Å²) in [6.07, 6.45) is 0.482. The molecule has 0 amide bonds. The second-order valence-corrected chi connectivity index (χ2v) is 7.58. The molecule has 0 unspecified atom stereocenters. The van der Waals surface area contributed by atoms with E-state index in [9.17, 15) is 4.79 Å². The topological polar surface area (TPSA) is 35.5 Å². The van der Waals surface area contributed by atoms with Crippen molar-refractivity contribution in [1.29, 1.82) is 0 Å². The van der Waals surface area contributed by atoms with E-state index in [1.54, 1.807) is 0 Å². The van der Waals surface area contributed by atoms with Gasteiger partial charge < -0.3 is 9.16 Å². The largest absolute Gasteiger partial charge is 0.469 e. The minimum atomic E-state index is -1.58. The molecule has 72 valence electrons. The number of rotatable bonds is 5. The third kappa shape index (κ3) is 5.32. The first-order chi connectivity index (χ1) is 5.52. The Bertz CT molecular complexity index is 145. The number of methoxy groups -OCH3 is 1. The lowest BCUT2D eigenvalue weighted by atomic mass is 10.5. The molecule has 0 atom stereocenters. The highest BCUT2D eigenvalue weighted by Crippen LogP contribution is 2.13. The van der Waals surface area contributed by atoms with Crippen LogP contribution in [-0.4, -0.2) is 28.0 Å². The summed E-state index contributed by atoms with van der Waals surface area (Å²) in [5.74, 6) is -0.143. The fourth-order valence-corrected chi connectivity index (χ4v) is 2.70. The van der Waals surface area contributed by atoms with Gasteiger partial charge in [-0.2, -0.15) is 0 Å². The zero-order valence-corrected chi connectivity index (χ0v) is 9.35. The van der Waals surface area contributed by atoms with Crippen molar-refractivity contribution in [2.24, 2.45) is 0 Å². The van der Waals surface area contributed by atoms with Crippen molar-refractivity contribution >= 4 is 14.3 Å². The number of hydrogen-bond donors (Lipinski definition) is 0. The number of ether oxygens (including phenoxy) is 1. The van der Waals surface area contributed by atoms with E-state index in [4.69, 9.17) is 4.43 Å². The molecule has 0 N–H and O–H groups in total. The van der Waals surface area contributed by atoms with Crippen molar-refractivity contribution in [3.8, 4) is 0 Å². The van der Waals surface area contributed by atoms with E-state index in [1.165, 1.54) is 7.11 Å². The Morgan fingerprint density at radius 3 is 2.42 bits per heavy atom. The molecule has 0 saturated carbocycles. The Morgan fingerprint density at radius 2 is 2.00 bits per heavy atom. The van der Waals surface area contributed by atoms with Gasteiger partial charge in [0.05, 0.1) is 7.11 Å². The summed E-state index contributed by atoms with van der Waals surface area (Å²) < 4.78 is 10.1. The van der Waals surface area contributed by atoms with Gasteiger partial charge >= 0.3 is 5.97 Å². The number of carbonyl (C=O) groups is 1. The van der Waals surface area contributed by atoms with Crippen molar-refractivity contribution < 1.29 is 14.0 Å². The highest BCUT2D eigenvalue weighted by atomic mass is 28.4. The van der Waals surface area contributed by atoms with E-state index in [2.05, 4.69) is 17.8 Å². The van der Waals surface area contributed by atoms with Crippen LogP contribution in [0.2, 0.25) is 19.1 Å². The van der Waals surface area contributed by atoms with Crippen LogP contribution in [0.15, 0.2) is 0 Å². The van der Waals surface area contributed by atoms with Gasteiger partial charge in [0.15, 0.2) is 8.32 Å². The molecule has 0 rings (SSSR count). The zero-order valence-electron chi connectivity index (χ0n) is 8.35. The van der Waals surface area contributed by atoms with E-state index < -0.39 is 8.32 Å². The molecular weight excluding hydrogens is 172 g/mol. The molecule has 0 bridgehead atoms. The quantitative estimate of drug-likeness (QED) is 0.490. The van der Waals surface area contributed by atoms with E-state index in [-0.39, 0.29) is 5.97 Å². The SMILES string of the molecule is CCO[Si](C)(C)CCC(=O)OC. The van der Waals surface area contributed by atoms with Gasteiger partial charge in [-0.1, -0.05) is 0 Å². The average molecular weight is 190 g/mol. The molecule has 0 spiro atoms. The van der Waals surface area contributed by atoms with Crippen LogP contribution in [0.25, 0.3) is 0 Å². The third-order valence-corrected chi connectivity index (χ3v) is 4.22. The van der Waals surface area contributed by atoms with E-state index in [0.29, 0.717) is 6.42 Å². The Hall–Kier alpha value is -0.353. The van der Waals surface area contributed by atoms with Crippen LogP contribution < -0.4 is 0 Å². The van der Waals surface area contributed by atoms with Gasteiger partial charge in [-0.25, -0.2) is 0 Å². The molecule has 4 heteroatoms. The summed E-state index contributed by atoms with van der Waals surface area (Å²) in [6, 6.07) is 0.841. The number of esters is 1. The summed E-state index contributed by atoms with van der Waals surface area (Å²) in [7, 11) is -0.169. The summed E-state index contributed by atoms with van der Waals surface area (Å²) >= 11 is 0. The van der Waals surface area contributed by atoms with Crippen molar-refractivity contribution in [3.05, 3.63) is 0 Å². The lowest BCUT2D eigenvalue weighted by Crippen LogP contribution is -2.30. The van der Waals surface area contributed by atoms with Gasteiger partial charge in [0.2, 0.25) is 0 Å². The zero-order chi connectivity index (χ0) is 9.61. The highest BCUT2D eigenvalue weighted by Gasteiger charge is 2.22. The van der Waals surface area contributed by atoms with Crippen LogP contribution in [0.1, 0.15) is 13.3 Å². The third-order valence-electron chi connectivity index (χ3n) is 1.69. The first-order valence-corrected chi connectivity index (χ1v) is 7.34. The fourth-order valence-electron chi connectivity index (χ4n) is 0.968. The molecule has 12 heavy (non-hydrogen) atoms. The second-order valence-electron chi connectivity index (χ2n) is 3.27. The minimum Gasteiger partial charge on any atom is -0.469 e. The Kier molecular flexibility index (Phi) is 5.16. The summed E-state index contributed by atoms with van der Waals surface area (Å²) in [5, 5.41) is 0. The van der Waals surface area contributed by atoms with Gasteiger partial charge in [-0.05, 0) is 26.1 Å². The molecule has 0 aliphatic carbocycles. The Balaban J connectivity index is 3.67. The maximum Gasteiger partial charge on any atom is 0.305 e. The van der Waals surface area contributed by atoms with E-state index >= 15 is 0 Å². The van der Waals surface area contributed by atoms with Crippen LogP contribution in [0.3, 0.4) is 0 Å². The minimum absolute atomic E-state index is 0.143. The van der Waals surface area contributed by atoms with Crippen molar-refractivity contribution in [1.82, 2.24) is 0 Å². The molecular formula is C8H18O3Si. The molecule has 3 nitrogen and oxygen atoms in total. The number of carbonyl (C=O) groups excluding carboxylic acids is 1. The molecule has 0 aliphatic rings. The van der Waals surface area contributed by atoms with Gasteiger partial charge in [0.25, 0.3) is 0 Å². The summed E-state index contributed by atoms with van der Waals surface area (Å²) in [6.45, 7) is 6.94. The second kappa shape index (κ2) is 5.32. The van der Waals surface area contributed by atoms with Crippen LogP contribution >= 0.6 is 0 Å². The Morgan fingerprint density at radius 1 is 1.42 bits per heavy atom. The molecule has 0 aromatic heterocycles. The normalized spacial score (nSPS) is 11.3. The van der Waals surface area contributed by atoms with Gasteiger partial charge in [-0.15, -0.1) is 0 Å². The molecule has 0 heterocycles. The molecule has 0 aromatic carbocycles. The van der Waals surface area contributed by atoms with Crippen LogP contribution in [-0.2, 0) is 14.0 Å². The predicted molar refractivity (Wildman–Crippen MR) is 50.5 cm³/mol. The molecule has 0 aliphatic heterocycles.